The number of aromatic nitrogens is 1. The highest BCUT2D eigenvalue weighted by Gasteiger charge is 2.24. The second-order valence-electron chi connectivity index (χ2n) is 5.88. The molecule has 1 aromatic rings. The lowest BCUT2D eigenvalue weighted by Gasteiger charge is -2.40. The summed E-state index contributed by atoms with van der Waals surface area (Å²) in [5.41, 5.74) is 0. The van der Waals surface area contributed by atoms with Crippen LogP contribution in [0, 0.1) is 5.92 Å². The Morgan fingerprint density at radius 2 is 1.95 bits per heavy atom. The first-order chi connectivity index (χ1) is 9.56. The van der Waals surface area contributed by atoms with Crippen LogP contribution in [0.3, 0.4) is 0 Å². The number of piperazine rings is 1. The van der Waals surface area contributed by atoms with Crippen molar-refractivity contribution < 1.29 is 0 Å². The fourth-order valence-corrected chi connectivity index (χ4v) is 2.82. The fourth-order valence-electron chi connectivity index (χ4n) is 2.66. The first-order valence-electron chi connectivity index (χ1n) is 7.35. The molecule has 4 nitrogen and oxygen atoms in total. The van der Waals surface area contributed by atoms with Gasteiger partial charge in [0.25, 0.3) is 0 Å². The summed E-state index contributed by atoms with van der Waals surface area (Å²) in [5.74, 6) is 1.47. The molecular formula is C15H25ClN4. The zero-order chi connectivity index (χ0) is 14.5. The Hall–Kier alpha value is -0.840. The number of halogens is 1. The Bertz CT molecular complexity index is 416. The molecule has 2 rings (SSSR count). The van der Waals surface area contributed by atoms with E-state index >= 15 is 0 Å². The maximum absolute atomic E-state index is 5.92. The molecule has 1 fully saturated rings. The highest BCUT2D eigenvalue weighted by Crippen LogP contribution is 2.15. The summed E-state index contributed by atoms with van der Waals surface area (Å²) >= 11 is 5.92. The average molecular weight is 297 g/mol. The summed E-state index contributed by atoms with van der Waals surface area (Å²) in [7, 11) is 2.19. The molecule has 0 saturated carbocycles. The Kier molecular flexibility index (Phi) is 5.64. The molecule has 1 aromatic heterocycles. The van der Waals surface area contributed by atoms with E-state index in [-0.39, 0.29) is 0 Å². The monoisotopic (exact) mass is 296 g/mol. The quantitative estimate of drug-likeness (QED) is 0.846. The lowest BCUT2D eigenvalue weighted by atomic mass is 10.0. The number of nitrogens with one attached hydrogen (secondary N) is 1. The minimum absolute atomic E-state index is 0.532. The standard InChI is InChI=1S/C15H25ClN4/c1-12(2)13(20-9-7-19(3)8-10-20)11-17-15-6-4-5-14(16)18-15/h4-6,12-13H,7-11H2,1-3H3,(H,17,18). The number of hydrogen-bond donors (Lipinski definition) is 1. The van der Waals surface area contributed by atoms with Crippen LogP contribution in [0.15, 0.2) is 18.2 Å². The Labute approximate surface area is 127 Å². The van der Waals surface area contributed by atoms with Crippen LogP contribution in [0.25, 0.3) is 0 Å². The van der Waals surface area contributed by atoms with E-state index in [2.05, 4.69) is 41.0 Å². The zero-order valence-corrected chi connectivity index (χ0v) is 13.4. The van der Waals surface area contributed by atoms with Crippen LogP contribution in [0.2, 0.25) is 5.15 Å². The number of rotatable bonds is 5. The number of nitrogens with zero attached hydrogens (tertiary/aromatic N) is 3. The van der Waals surface area contributed by atoms with E-state index in [1.165, 1.54) is 0 Å². The lowest BCUT2D eigenvalue weighted by Crippen LogP contribution is -2.52. The summed E-state index contributed by atoms with van der Waals surface area (Å²) < 4.78 is 0. The van der Waals surface area contributed by atoms with Crippen molar-refractivity contribution >= 4 is 17.4 Å². The highest BCUT2D eigenvalue weighted by molar-refractivity contribution is 6.29. The van der Waals surface area contributed by atoms with Crippen LogP contribution in [-0.4, -0.2) is 60.6 Å². The predicted octanol–water partition coefficient (Wildman–Crippen LogP) is 2.42. The molecule has 1 saturated heterocycles. The predicted molar refractivity (Wildman–Crippen MR) is 85.4 cm³/mol. The van der Waals surface area contributed by atoms with E-state index in [1.54, 1.807) is 6.07 Å². The number of likely N-dealkylation sites (N-methyl/N-ethyl adjacent to an activating group) is 1. The number of pyridine rings is 1. The maximum atomic E-state index is 5.92. The first-order valence-corrected chi connectivity index (χ1v) is 7.73. The third-order valence-electron chi connectivity index (χ3n) is 3.98. The minimum atomic E-state index is 0.532. The molecule has 0 aliphatic carbocycles. The molecule has 2 heterocycles. The van der Waals surface area contributed by atoms with Crippen LogP contribution in [0.5, 0.6) is 0 Å². The van der Waals surface area contributed by atoms with Gasteiger partial charge in [-0.15, -0.1) is 0 Å². The molecule has 20 heavy (non-hydrogen) atoms. The van der Waals surface area contributed by atoms with Gasteiger partial charge < -0.3 is 10.2 Å². The molecule has 0 spiro atoms. The van der Waals surface area contributed by atoms with Crippen molar-refractivity contribution in [1.82, 2.24) is 14.8 Å². The van der Waals surface area contributed by atoms with Gasteiger partial charge in [-0.3, -0.25) is 4.90 Å². The molecule has 0 bridgehead atoms. The van der Waals surface area contributed by atoms with Crippen molar-refractivity contribution in [2.24, 2.45) is 5.92 Å². The first kappa shape index (κ1) is 15.5. The molecule has 1 aliphatic rings. The maximum Gasteiger partial charge on any atom is 0.131 e. The molecule has 112 valence electrons. The minimum Gasteiger partial charge on any atom is -0.368 e. The van der Waals surface area contributed by atoms with Gasteiger partial charge in [0.15, 0.2) is 0 Å². The summed E-state index contributed by atoms with van der Waals surface area (Å²) in [6.45, 7) is 10.1. The third kappa shape index (κ3) is 4.33. The molecule has 0 amide bonds. The van der Waals surface area contributed by atoms with Crippen LogP contribution in [0.4, 0.5) is 5.82 Å². The van der Waals surface area contributed by atoms with Gasteiger partial charge in [0.2, 0.25) is 0 Å². The van der Waals surface area contributed by atoms with Gasteiger partial charge in [-0.05, 0) is 25.1 Å². The summed E-state index contributed by atoms with van der Waals surface area (Å²) in [6.07, 6.45) is 0. The highest BCUT2D eigenvalue weighted by atomic mass is 35.5. The van der Waals surface area contributed by atoms with Gasteiger partial charge >= 0.3 is 0 Å². The lowest BCUT2D eigenvalue weighted by molar-refractivity contribution is 0.0944. The third-order valence-corrected chi connectivity index (χ3v) is 4.19. The zero-order valence-electron chi connectivity index (χ0n) is 12.6. The normalized spacial score (nSPS) is 19.2. The number of hydrogen-bond acceptors (Lipinski definition) is 4. The van der Waals surface area contributed by atoms with Gasteiger partial charge in [-0.25, -0.2) is 4.98 Å². The van der Waals surface area contributed by atoms with Crippen LogP contribution in [0.1, 0.15) is 13.8 Å². The van der Waals surface area contributed by atoms with Crippen molar-refractivity contribution in [3.8, 4) is 0 Å². The average Bonchev–Trinajstić information content (AvgIpc) is 2.41. The molecular weight excluding hydrogens is 272 g/mol. The van der Waals surface area contributed by atoms with E-state index < -0.39 is 0 Å². The topological polar surface area (TPSA) is 31.4 Å². The van der Waals surface area contributed by atoms with Crippen molar-refractivity contribution in [2.75, 3.05) is 45.1 Å². The van der Waals surface area contributed by atoms with E-state index in [1.807, 2.05) is 12.1 Å². The van der Waals surface area contributed by atoms with E-state index in [0.29, 0.717) is 17.1 Å². The molecule has 1 aliphatic heterocycles. The van der Waals surface area contributed by atoms with Crippen molar-refractivity contribution in [3.05, 3.63) is 23.4 Å². The molecule has 1 atom stereocenters. The summed E-state index contributed by atoms with van der Waals surface area (Å²) in [5, 5.41) is 3.96. The van der Waals surface area contributed by atoms with Crippen LogP contribution >= 0.6 is 11.6 Å². The Morgan fingerprint density at radius 1 is 1.25 bits per heavy atom. The van der Waals surface area contributed by atoms with Crippen molar-refractivity contribution in [3.63, 3.8) is 0 Å². The summed E-state index contributed by atoms with van der Waals surface area (Å²) in [6, 6.07) is 6.22. The smallest absolute Gasteiger partial charge is 0.131 e. The fraction of sp³-hybridized carbons (Fsp3) is 0.667. The SMILES string of the molecule is CC(C)C(CNc1cccc(Cl)n1)N1CCN(C)CC1. The molecule has 0 aromatic carbocycles. The number of anilines is 1. The largest absolute Gasteiger partial charge is 0.368 e. The van der Waals surface area contributed by atoms with E-state index in [0.717, 1.165) is 38.5 Å². The van der Waals surface area contributed by atoms with Gasteiger partial charge in [-0.1, -0.05) is 31.5 Å². The van der Waals surface area contributed by atoms with Crippen molar-refractivity contribution in [1.29, 1.82) is 0 Å². The molecule has 5 heteroatoms. The molecule has 0 radical (unpaired) electrons. The van der Waals surface area contributed by atoms with Crippen molar-refractivity contribution in [2.45, 2.75) is 19.9 Å². The van der Waals surface area contributed by atoms with Gasteiger partial charge in [0.1, 0.15) is 11.0 Å². The van der Waals surface area contributed by atoms with Gasteiger partial charge in [-0.2, -0.15) is 0 Å². The van der Waals surface area contributed by atoms with Gasteiger partial charge in [0, 0.05) is 38.8 Å². The van der Waals surface area contributed by atoms with Crippen LogP contribution < -0.4 is 5.32 Å². The second-order valence-corrected chi connectivity index (χ2v) is 6.26. The van der Waals surface area contributed by atoms with Crippen LogP contribution in [-0.2, 0) is 0 Å². The Balaban J connectivity index is 1.92. The van der Waals surface area contributed by atoms with E-state index in [4.69, 9.17) is 11.6 Å². The van der Waals surface area contributed by atoms with E-state index in [9.17, 15) is 0 Å². The second kappa shape index (κ2) is 7.25. The molecule has 1 unspecified atom stereocenters. The van der Waals surface area contributed by atoms with Gasteiger partial charge in [0.05, 0.1) is 0 Å². The molecule has 1 N–H and O–H groups in total. The Morgan fingerprint density at radius 3 is 2.55 bits per heavy atom. The summed E-state index contributed by atoms with van der Waals surface area (Å²) in [4.78, 5) is 9.26.